The normalized spacial score (nSPS) is 16.2. The maximum Gasteiger partial charge on any atom is 0.243 e. The van der Waals surface area contributed by atoms with Crippen LogP contribution in [0, 0.1) is 0 Å². The molecule has 5 nitrogen and oxygen atoms in total. The van der Waals surface area contributed by atoms with Crippen LogP contribution in [0.2, 0.25) is 5.02 Å². The third-order valence-electron chi connectivity index (χ3n) is 5.53. The number of piperidine rings is 1. The van der Waals surface area contributed by atoms with Gasteiger partial charge in [0.2, 0.25) is 15.9 Å². The number of sulfonamides is 1. The van der Waals surface area contributed by atoms with Gasteiger partial charge in [0.25, 0.3) is 0 Å². The molecule has 1 aliphatic rings. The molecule has 2 aromatic carbocycles. The molecule has 0 spiro atoms. The van der Waals surface area contributed by atoms with Crippen LogP contribution in [-0.4, -0.2) is 31.7 Å². The standard InChI is InChI=1S/C23H29ClN2O3S/c1-2-22(19-9-11-20(24)12-10-19)25-23(27)15-8-18-6-13-21(14-7-18)30(28,29)26-16-4-3-5-17-26/h6-7,9-14,22H,2-5,8,15-17H2,1H3,(H,25,27). The van der Waals surface area contributed by atoms with Gasteiger partial charge in [-0.05, 0) is 61.1 Å². The molecule has 162 valence electrons. The van der Waals surface area contributed by atoms with E-state index in [2.05, 4.69) is 5.32 Å². The highest BCUT2D eigenvalue weighted by Crippen LogP contribution is 2.22. The Bertz CT molecular complexity index is 937. The van der Waals surface area contributed by atoms with Gasteiger partial charge in [-0.2, -0.15) is 4.31 Å². The number of nitrogens with zero attached hydrogens (tertiary/aromatic N) is 1. The molecule has 1 aliphatic heterocycles. The van der Waals surface area contributed by atoms with Crippen molar-refractivity contribution in [2.24, 2.45) is 0 Å². The molecular formula is C23H29ClN2O3S. The second-order valence-corrected chi connectivity index (χ2v) is 10.1. The van der Waals surface area contributed by atoms with Crippen LogP contribution in [-0.2, 0) is 21.2 Å². The van der Waals surface area contributed by atoms with E-state index in [1.165, 1.54) is 0 Å². The molecular weight excluding hydrogens is 420 g/mol. The maximum absolute atomic E-state index is 12.7. The zero-order valence-electron chi connectivity index (χ0n) is 17.3. The van der Waals surface area contributed by atoms with Crippen molar-refractivity contribution in [3.05, 3.63) is 64.7 Å². The molecule has 0 radical (unpaired) electrons. The summed E-state index contributed by atoms with van der Waals surface area (Å²) in [7, 11) is -3.42. The number of halogens is 1. The summed E-state index contributed by atoms with van der Waals surface area (Å²) in [5, 5.41) is 3.74. The Morgan fingerprint density at radius 3 is 2.27 bits per heavy atom. The lowest BCUT2D eigenvalue weighted by atomic mass is 10.0. The summed E-state index contributed by atoms with van der Waals surface area (Å²) < 4.78 is 27.0. The van der Waals surface area contributed by atoms with Crippen molar-refractivity contribution in [1.82, 2.24) is 9.62 Å². The van der Waals surface area contributed by atoms with Crippen molar-refractivity contribution in [1.29, 1.82) is 0 Å². The minimum Gasteiger partial charge on any atom is -0.349 e. The fourth-order valence-corrected chi connectivity index (χ4v) is 5.37. The van der Waals surface area contributed by atoms with Gasteiger partial charge in [0, 0.05) is 24.5 Å². The summed E-state index contributed by atoms with van der Waals surface area (Å²) in [6, 6.07) is 14.4. The van der Waals surface area contributed by atoms with E-state index in [9.17, 15) is 13.2 Å². The highest BCUT2D eigenvalue weighted by atomic mass is 35.5. The van der Waals surface area contributed by atoms with Gasteiger partial charge in [0.15, 0.2) is 0 Å². The Hall–Kier alpha value is -1.89. The van der Waals surface area contributed by atoms with Crippen molar-refractivity contribution in [2.45, 2.75) is 56.4 Å². The molecule has 1 heterocycles. The summed E-state index contributed by atoms with van der Waals surface area (Å²) in [6.45, 7) is 3.22. The Kier molecular flexibility index (Phi) is 7.92. The highest BCUT2D eigenvalue weighted by molar-refractivity contribution is 7.89. The fourth-order valence-electron chi connectivity index (χ4n) is 3.72. The molecule has 1 saturated heterocycles. The van der Waals surface area contributed by atoms with Gasteiger partial charge in [0.05, 0.1) is 10.9 Å². The van der Waals surface area contributed by atoms with Crippen molar-refractivity contribution in [3.8, 4) is 0 Å². The molecule has 1 amide bonds. The van der Waals surface area contributed by atoms with Crippen LogP contribution in [0.1, 0.15) is 56.2 Å². The minimum absolute atomic E-state index is 0.0261. The Morgan fingerprint density at radius 1 is 1.03 bits per heavy atom. The fraction of sp³-hybridized carbons (Fsp3) is 0.435. The predicted molar refractivity (Wildman–Crippen MR) is 120 cm³/mol. The Morgan fingerprint density at radius 2 is 1.67 bits per heavy atom. The first-order valence-electron chi connectivity index (χ1n) is 10.5. The summed E-state index contributed by atoms with van der Waals surface area (Å²) >= 11 is 5.94. The van der Waals surface area contributed by atoms with Crippen LogP contribution in [0.15, 0.2) is 53.4 Å². The summed E-state index contributed by atoms with van der Waals surface area (Å²) in [4.78, 5) is 12.7. The second kappa shape index (κ2) is 10.4. The number of amides is 1. The highest BCUT2D eigenvalue weighted by Gasteiger charge is 2.25. The number of hydrogen-bond acceptors (Lipinski definition) is 3. The molecule has 1 atom stereocenters. The molecule has 1 unspecified atom stereocenters. The van der Waals surface area contributed by atoms with Crippen LogP contribution in [0.25, 0.3) is 0 Å². The van der Waals surface area contributed by atoms with Crippen molar-refractivity contribution < 1.29 is 13.2 Å². The van der Waals surface area contributed by atoms with Crippen molar-refractivity contribution >= 4 is 27.5 Å². The first-order chi connectivity index (χ1) is 14.4. The molecule has 7 heteroatoms. The third-order valence-corrected chi connectivity index (χ3v) is 7.70. The monoisotopic (exact) mass is 448 g/mol. The third kappa shape index (κ3) is 5.84. The average Bonchev–Trinajstić information content (AvgIpc) is 2.77. The summed E-state index contributed by atoms with van der Waals surface area (Å²) in [5.41, 5.74) is 1.98. The summed E-state index contributed by atoms with van der Waals surface area (Å²) in [5.74, 6) is -0.0261. The number of hydrogen-bond donors (Lipinski definition) is 1. The smallest absolute Gasteiger partial charge is 0.243 e. The molecule has 3 rings (SSSR count). The number of aryl methyl sites for hydroxylation is 1. The van der Waals surface area contributed by atoms with E-state index in [0.717, 1.165) is 36.8 Å². The van der Waals surface area contributed by atoms with Gasteiger partial charge in [-0.15, -0.1) is 0 Å². The Balaban J connectivity index is 1.55. The van der Waals surface area contributed by atoms with E-state index in [1.54, 1.807) is 28.6 Å². The molecule has 1 N–H and O–H groups in total. The van der Waals surface area contributed by atoms with E-state index >= 15 is 0 Å². The van der Waals surface area contributed by atoms with Gasteiger partial charge in [-0.3, -0.25) is 4.79 Å². The van der Waals surface area contributed by atoms with Gasteiger partial charge in [0.1, 0.15) is 0 Å². The van der Waals surface area contributed by atoms with Gasteiger partial charge in [-0.1, -0.05) is 49.2 Å². The number of rotatable bonds is 8. The van der Waals surface area contributed by atoms with Crippen LogP contribution >= 0.6 is 11.6 Å². The number of carbonyl (C=O) groups excluding carboxylic acids is 1. The van der Waals surface area contributed by atoms with E-state index < -0.39 is 10.0 Å². The number of nitrogens with one attached hydrogen (secondary N) is 1. The predicted octanol–water partition coefficient (Wildman–Crippen LogP) is 4.71. The number of carbonyl (C=O) groups is 1. The van der Waals surface area contributed by atoms with E-state index in [4.69, 9.17) is 11.6 Å². The minimum atomic E-state index is -3.42. The number of benzene rings is 2. The molecule has 30 heavy (non-hydrogen) atoms. The summed E-state index contributed by atoms with van der Waals surface area (Å²) in [6.07, 6.45) is 4.62. The maximum atomic E-state index is 12.7. The van der Waals surface area contributed by atoms with Crippen LogP contribution in [0.4, 0.5) is 0 Å². The topological polar surface area (TPSA) is 66.5 Å². The van der Waals surface area contributed by atoms with Crippen LogP contribution < -0.4 is 5.32 Å². The second-order valence-electron chi connectivity index (χ2n) is 7.69. The molecule has 1 fully saturated rings. The van der Waals surface area contributed by atoms with E-state index in [-0.39, 0.29) is 11.9 Å². The lowest BCUT2D eigenvalue weighted by molar-refractivity contribution is -0.121. The quantitative estimate of drug-likeness (QED) is 0.635. The molecule has 0 aliphatic carbocycles. The first kappa shape index (κ1) is 22.8. The lowest BCUT2D eigenvalue weighted by Crippen LogP contribution is -2.35. The first-order valence-corrected chi connectivity index (χ1v) is 12.4. The van der Waals surface area contributed by atoms with Gasteiger partial charge in [-0.25, -0.2) is 8.42 Å². The SMILES string of the molecule is CCC(NC(=O)CCc1ccc(S(=O)(=O)N2CCCCC2)cc1)c1ccc(Cl)cc1. The molecule has 0 aromatic heterocycles. The van der Waals surface area contributed by atoms with Crippen molar-refractivity contribution in [2.75, 3.05) is 13.1 Å². The molecule has 0 saturated carbocycles. The molecule has 2 aromatic rings. The van der Waals surface area contributed by atoms with Gasteiger partial charge >= 0.3 is 0 Å². The van der Waals surface area contributed by atoms with Crippen LogP contribution in [0.3, 0.4) is 0 Å². The largest absolute Gasteiger partial charge is 0.349 e. The zero-order chi connectivity index (χ0) is 21.6. The van der Waals surface area contributed by atoms with Gasteiger partial charge < -0.3 is 5.32 Å². The zero-order valence-corrected chi connectivity index (χ0v) is 18.9. The Labute approximate surface area is 184 Å². The van der Waals surface area contributed by atoms with Crippen LogP contribution in [0.5, 0.6) is 0 Å². The van der Waals surface area contributed by atoms with Crippen molar-refractivity contribution in [3.63, 3.8) is 0 Å². The average molecular weight is 449 g/mol. The van der Waals surface area contributed by atoms with E-state index in [0.29, 0.717) is 35.8 Å². The lowest BCUT2D eigenvalue weighted by Gasteiger charge is -2.25. The molecule has 0 bridgehead atoms. The van der Waals surface area contributed by atoms with E-state index in [1.807, 2.05) is 31.2 Å².